The highest BCUT2D eigenvalue weighted by atomic mass is 32.2. The maximum absolute atomic E-state index is 13.5. The molecule has 6 aromatic rings. The van der Waals surface area contributed by atoms with Gasteiger partial charge in [-0.15, -0.1) is 10.2 Å². The molecule has 478 valence electrons. The summed E-state index contributed by atoms with van der Waals surface area (Å²) in [7, 11) is -2.35. The van der Waals surface area contributed by atoms with Crippen LogP contribution in [0.3, 0.4) is 0 Å². The number of phenols is 2. The lowest BCUT2D eigenvalue weighted by Gasteiger charge is -2.40. The number of aliphatic carboxylic acids is 1. The van der Waals surface area contributed by atoms with E-state index in [1.165, 1.54) is 40.6 Å². The van der Waals surface area contributed by atoms with Gasteiger partial charge in [0, 0.05) is 89.5 Å². The van der Waals surface area contributed by atoms with Crippen molar-refractivity contribution >= 4 is 62.3 Å². The molecule has 4 aliphatic rings. The summed E-state index contributed by atoms with van der Waals surface area (Å²) in [5.41, 5.74) is 4.47. The number of aryl methyl sites for hydroxylation is 1. The van der Waals surface area contributed by atoms with Crippen LogP contribution in [0.25, 0.3) is 17.1 Å². The van der Waals surface area contributed by atoms with Crippen LogP contribution in [0.5, 0.6) is 17.2 Å². The van der Waals surface area contributed by atoms with E-state index < -0.39 is 40.3 Å². The highest BCUT2D eigenvalue weighted by Gasteiger charge is 2.40. The Morgan fingerprint density at radius 1 is 0.764 bits per heavy atom. The second-order valence-electron chi connectivity index (χ2n) is 22.5. The van der Waals surface area contributed by atoms with E-state index in [-0.39, 0.29) is 63.3 Å². The Balaban J connectivity index is 0.00000127. The van der Waals surface area contributed by atoms with Crippen LogP contribution in [0.2, 0.25) is 0 Å². The largest absolute Gasteiger partial charge is 0.508 e. The van der Waals surface area contributed by atoms with Crippen molar-refractivity contribution in [1.82, 2.24) is 44.7 Å². The first kappa shape index (κ1) is 65.2. The number of carbonyl (C=O) groups excluding carboxylic acids is 2. The number of sulfonamides is 1. The second-order valence-corrected chi connectivity index (χ2v) is 24.4. The van der Waals surface area contributed by atoms with Gasteiger partial charge in [0.15, 0.2) is 11.6 Å². The average Bonchev–Trinajstić information content (AvgIpc) is 1.71. The number of nitrogens with zero attached hydrogens (tertiary/aromatic N) is 11. The molecule has 4 aromatic carbocycles. The number of nitrogens with one attached hydrogen (secondary N) is 2. The monoisotopic (exact) mass is 1260 g/mol. The van der Waals surface area contributed by atoms with Crippen molar-refractivity contribution in [2.75, 3.05) is 105 Å². The van der Waals surface area contributed by atoms with Gasteiger partial charge in [-0.1, -0.05) is 31.2 Å². The van der Waals surface area contributed by atoms with E-state index in [2.05, 4.69) is 51.1 Å². The van der Waals surface area contributed by atoms with Gasteiger partial charge in [-0.05, 0) is 124 Å². The van der Waals surface area contributed by atoms with Crippen LogP contribution in [-0.2, 0) is 27.8 Å². The fourth-order valence-corrected chi connectivity index (χ4v) is 12.4. The van der Waals surface area contributed by atoms with E-state index in [4.69, 9.17) is 14.6 Å². The van der Waals surface area contributed by atoms with Gasteiger partial charge in [-0.25, -0.2) is 22.5 Å². The first-order valence-corrected chi connectivity index (χ1v) is 31.0. The van der Waals surface area contributed by atoms with Gasteiger partial charge in [0.25, 0.3) is 11.8 Å². The number of halogens is 6. The lowest BCUT2D eigenvalue weighted by atomic mass is 9.92. The molecule has 0 saturated carbocycles. The van der Waals surface area contributed by atoms with Crippen LogP contribution in [0.4, 0.5) is 60.9 Å². The van der Waals surface area contributed by atoms with Gasteiger partial charge >= 0.3 is 18.3 Å². The van der Waals surface area contributed by atoms with Crippen LogP contribution in [0.1, 0.15) is 78.6 Å². The molecular weight excluding hydrogens is 1190 g/mol. The molecule has 2 aromatic heterocycles. The Bertz CT molecular complexity index is 3630. The molecule has 22 nitrogen and oxygen atoms in total. The summed E-state index contributed by atoms with van der Waals surface area (Å²) in [6, 6.07) is 20.5. The van der Waals surface area contributed by atoms with E-state index in [9.17, 15) is 54.6 Å². The average molecular weight is 1260 g/mol. The third-order valence-electron chi connectivity index (χ3n) is 16.4. The van der Waals surface area contributed by atoms with E-state index in [1.54, 1.807) is 43.4 Å². The molecule has 1 unspecified atom stereocenters. The number of phenolic OH excluding ortho intramolecular Hbond substituents is 2. The van der Waals surface area contributed by atoms with Crippen LogP contribution in [0, 0.1) is 11.8 Å². The van der Waals surface area contributed by atoms with Crippen molar-refractivity contribution in [3.63, 3.8) is 0 Å². The lowest BCUT2D eigenvalue weighted by Crippen LogP contribution is -2.48. The van der Waals surface area contributed by atoms with E-state index >= 15 is 0 Å². The van der Waals surface area contributed by atoms with E-state index in [0.29, 0.717) is 54.1 Å². The number of ether oxygens (including phenoxy) is 1. The Hall–Kier alpha value is -8.28. The number of carboxylic acids is 1. The summed E-state index contributed by atoms with van der Waals surface area (Å²) in [6.45, 7) is 15.7. The number of alkyl halides is 6. The van der Waals surface area contributed by atoms with Crippen molar-refractivity contribution in [3.05, 3.63) is 108 Å². The maximum Gasteiger partial charge on any atom is 0.490 e. The predicted molar refractivity (Wildman–Crippen MR) is 321 cm³/mol. The standard InChI is InChI=1S/C58H70F3N13O7S.C2HF3O2/c1-6-41-30-45(50(76)32-49(41)75)52-66-67-54(55(77)63-37(3)58(59,60)61)73(52)42-14-12-38(13-15-42)34-70-26-28-71(29-27-70)36-39-18-22-69(23-19-39)35-40-20-24-72(25-21-40)43-16-17-46(51(31-43)81-7-2)64-57-62-33-48-53(65-57)74(82(5,79)80)47-11-9-8-10-44(47)56(78)68(48)4;3-2(4,5)1(6)7/h8-17,30-33,37,39-40,75-76H,6-7,18-29,34-36H2,1-5H3,(H,63,77)(H,62,64,65);(H,6,7). The molecule has 0 aliphatic carbocycles. The number of hydrogen-bond acceptors (Lipinski definition) is 17. The summed E-state index contributed by atoms with van der Waals surface area (Å²) >= 11 is 0. The molecule has 3 fully saturated rings. The number of carboxylic acid groups (broad SMARTS) is 1. The number of amides is 2. The minimum absolute atomic E-state index is 0.0326. The number of piperazine rings is 1. The maximum atomic E-state index is 13.5. The SMILES string of the molecule is CCOc1cc(N2CCC(CN3CCC(CN4CCN(Cc5ccc(-n6c(C(=O)NC(C)C(F)(F)F)nnc6-c6cc(CC)c(O)cc6O)cc5)CC4)CC3)CC2)ccc1Nc1ncc2c(n1)N(S(C)(=O)=O)c1ccccc1C(=O)N2C.O=C(O)C(F)(F)F. The summed E-state index contributed by atoms with van der Waals surface area (Å²) in [5, 5.41) is 41.7. The highest BCUT2D eigenvalue weighted by molar-refractivity contribution is 7.92. The van der Waals surface area contributed by atoms with Gasteiger partial charge < -0.3 is 50.3 Å². The first-order chi connectivity index (χ1) is 42.2. The number of para-hydroxylation sites is 1. The molecule has 89 heavy (non-hydrogen) atoms. The fourth-order valence-electron chi connectivity index (χ4n) is 11.5. The van der Waals surface area contributed by atoms with Gasteiger partial charge in [-0.3, -0.25) is 19.1 Å². The molecule has 2 amide bonds. The summed E-state index contributed by atoms with van der Waals surface area (Å²) in [6.07, 6.45) is -2.29. The number of fused-ring (bicyclic) bond motifs is 2. The second kappa shape index (κ2) is 27.2. The molecule has 10 rings (SSSR count). The molecule has 0 bridgehead atoms. The Labute approximate surface area is 510 Å². The molecule has 0 radical (unpaired) electrons. The number of likely N-dealkylation sites (tertiary alicyclic amines) is 1. The van der Waals surface area contributed by atoms with Crippen LogP contribution >= 0.6 is 0 Å². The van der Waals surface area contributed by atoms with Gasteiger partial charge in [0.2, 0.25) is 21.8 Å². The molecular formula is C60H71F6N13O9S. The van der Waals surface area contributed by atoms with Gasteiger partial charge in [0.1, 0.15) is 29.0 Å². The summed E-state index contributed by atoms with van der Waals surface area (Å²) in [4.78, 5) is 56.2. The van der Waals surface area contributed by atoms with Crippen molar-refractivity contribution in [2.45, 2.75) is 77.8 Å². The zero-order valence-corrected chi connectivity index (χ0v) is 50.5. The van der Waals surface area contributed by atoms with Crippen molar-refractivity contribution < 1.29 is 69.2 Å². The minimum atomic E-state index is -5.08. The topological polar surface area (TPSA) is 255 Å². The molecule has 3 saturated heterocycles. The Morgan fingerprint density at radius 3 is 1.98 bits per heavy atom. The van der Waals surface area contributed by atoms with Crippen molar-refractivity contribution in [3.8, 4) is 34.3 Å². The lowest BCUT2D eigenvalue weighted by molar-refractivity contribution is -0.192. The van der Waals surface area contributed by atoms with Crippen LogP contribution < -0.4 is 29.5 Å². The number of piperidine rings is 2. The zero-order chi connectivity index (χ0) is 64.1. The minimum Gasteiger partial charge on any atom is -0.508 e. The molecule has 1 atom stereocenters. The number of anilines is 6. The number of hydrogen-bond donors (Lipinski definition) is 5. The van der Waals surface area contributed by atoms with E-state index in [1.807, 2.05) is 43.4 Å². The number of aromatic hydroxyl groups is 2. The Kier molecular flexibility index (Phi) is 19.9. The quantitative estimate of drug-likeness (QED) is 0.0536. The number of carbonyl (C=O) groups is 3. The third-order valence-corrected chi connectivity index (χ3v) is 17.4. The third kappa shape index (κ3) is 15.4. The Morgan fingerprint density at radius 2 is 1.37 bits per heavy atom. The molecule has 0 spiro atoms. The highest BCUT2D eigenvalue weighted by Crippen LogP contribution is 2.42. The normalized spacial score (nSPS) is 17.1. The van der Waals surface area contributed by atoms with Gasteiger partial charge in [0.05, 0.1) is 41.6 Å². The molecule has 5 N–H and O–H groups in total. The molecule has 6 heterocycles. The van der Waals surface area contributed by atoms with E-state index in [0.717, 1.165) is 107 Å². The van der Waals surface area contributed by atoms with Crippen molar-refractivity contribution in [2.24, 2.45) is 11.8 Å². The smallest absolute Gasteiger partial charge is 0.490 e. The first-order valence-electron chi connectivity index (χ1n) is 29.2. The zero-order valence-electron chi connectivity index (χ0n) is 49.7. The van der Waals surface area contributed by atoms with Crippen molar-refractivity contribution in [1.29, 1.82) is 0 Å². The number of benzene rings is 4. The summed E-state index contributed by atoms with van der Waals surface area (Å²) < 4.78 is 107. The van der Waals surface area contributed by atoms with Crippen LogP contribution in [-0.4, -0.2) is 185 Å². The number of rotatable bonds is 17. The summed E-state index contributed by atoms with van der Waals surface area (Å²) in [5.74, 6) is -2.94. The van der Waals surface area contributed by atoms with Crippen LogP contribution in [0.15, 0.2) is 85.1 Å². The fraction of sp³-hybridized carbons (Fsp3) is 0.450. The molecule has 29 heteroatoms. The predicted octanol–water partition coefficient (Wildman–Crippen LogP) is 8.59. The number of aromatic nitrogens is 5. The van der Waals surface area contributed by atoms with Gasteiger partial charge in [-0.2, -0.15) is 31.3 Å². The molecule has 4 aliphatic heterocycles.